The number of anilines is 2. The summed E-state index contributed by atoms with van der Waals surface area (Å²) in [7, 11) is 1.58. The van der Waals surface area contributed by atoms with E-state index in [-0.39, 0.29) is 5.91 Å². The molecule has 5 rings (SSSR count). The number of aromatic nitrogens is 4. The molecule has 2 N–H and O–H groups in total. The lowest BCUT2D eigenvalue weighted by Gasteiger charge is -2.28. The summed E-state index contributed by atoms with van der Waals surface area (Å²) in [5.41, 5.74) is 3.92. The number of hydrogen-bond acceptors (Lipinski definition) is 7. The Labute approximate surface area is 207 Å². The number of nitrogens with one attached hydrogen (secondary N) is 2. The Kier molecular flexibility index (Phi) is 6.49. The van der Waals surface area contributed by atoms with Gasteiger partial charge < -0.3 is 15.4 Å². The molecular weight excluding hydrogens is 460 g/mol. The van der Waals surface area contributed by atoms with E-state index in [1.165, 1.54) is 5.56 Å². The number of pyridine rings is 1. The lowest BCUT2D eigenvalue weighted by Crippen LogP contribution is -2.31. The van der Waals surface area contributed by atoms with Crippen molar-refractivity contribution in [3.63, 3.8) is 0 Å². The standard InChI is InChI=1S/C26H24N6O2S/c1-17-22(24(33)29-20-10-6-7-11-21(20)34-2)23(19-12-14-27-15-13-19)32-25(28-17)30-26(31-32)35-16-18-8-4-3-5-9-18/h3-15,23H,16H2,1-2H3,(H,29,33)(H,28,30,31)/t23-/m0/s1. The Morgan fingerprint density at radius 3 is 2.60 bits per heavy atom. The Morgan fingerprint density at radius 1 is 1.09 bits per heavy atom. The summed E-state index contributed by atoms with van der Waals surface area (Å²) in [4.78, 5) is 22.5. The van der Waals surface area contributed by atoms with E-state index in [1.54, 1.807) is 35.9 Å². The maximum atomic E-state index is 13.6. The maximum absolute atomic E-state index is 13.6. The third kappa shape index (κ3) is 4.76. The number of benzene rings is 2. The average molecular weight is 485 g/mol. The second kappa shape index (κ2) is 10.0. The molecule has 0 saturated heterocycles. The normalized spacial score (nSPS) is 14.7. The SMILES string of the molecule is COc1ccccc1NC(=O)C1=C(C)Nc2nc(SCc3ccccc3)nn2[C@H]1c1ccncc1. The minimum absolute atomic E-state index is 0.249. The van der Waals surface area contributed by atoms with Gasteiger partial charge in [0.05, 0.1) is 18.4 Å². The molecule has 3 heterocycles. The summed E-state index contributed by atoms with van der Waals surface area (Å²) in [6.07, 6.45) is 3.42. The first-order chi connectivity index (χ1) is 17.1. The second-order valence-electron chi connectivity index (χ2n) is 7.94. The maximum Gasteiger partial charge on any atom is 0.255 e. The van der Waals surface area contributed by atoms with Crippen LogP contribution in [0.2, 0.25) is 0 Å². The number of hydrogen-bond donors (Lipinski definition) is 2. The molecule has 35 heavy (non-hydrogen) atoms. The molecule has 1 aliphatic rings. The molecule has 0 saturated carbocycles. The van der Waals surface area contributed by atoms with Gasteiger partial charge in [0.25, 0.3) is 5.91 Å². The van der Waals surface area contributed by atoms with Crippen molar-refractivity contribution in [1.82, 2.24) is 19.7 Å². The van der Waals surface area contributed by atoms with Gasteiger partial charge in [-0.2, -0.15) is 4.98 Å². The van der Waals surface area contributed by atoms with Gasteiger partial charge in [0, 0.05) is 23.8 Å². The van der Waals surface area contributed by atoms with Crippen molar-refractivity contribution < 1.29 is 9.53 Å². The van der Waals surface area contributed by atoms with Crippen LogP contribution in [0.15, 0.2) is 95.6 Å². The van der Waals surface area contributed by atoms with E-state index in [0.717, 1.165) is 11.3 Å². The molecule has 0 radical (unpaired) electrons. The van der Waals surface area contributed by atoms with Gasteiger partial charge in [-0.05, 0) is 42.3 Å². The van der Waals surface area contributed by atoms with Crippen molar-refractivity contribution in [3.05, 3.63) is 102 Å². The van der Waals surface area contributed by atoms with Crippen molar-refractivity contribution in [3.8, 4) is 5.75 Å². The van der Waals surface area contributed by atoms with Crippen molar-refractivity contribution in [2.75, 3.05) is 17.7 Å². The smallest absolute Gasteiger partial charge is 0.255 e. The Bertz CT molecular complexity index is 1370. The van der Waals surface area contributed by atoms with E-state index in [1.807, 2.05) is 61.5 Å². The molecule has 176 valence electrons. The monoisotopic (exact) mass is 484 g/mol. The van der Waals surface area contributed by atoms with Crippen LogP contribution in [0.5, 0.6) is 5.75 Å². The number of amides is 1. The average Bonchev–Trinajstić information content (AvgIpc) is 3.30. The van der Waals surface area contributed by atoms with E-state index < -0.39 is 6.04 Å². The van der Waals surface area contributed by atoms with Gasteiger partial charge in [-0.25, -0.2) is 4.68 Å². The van der Waals surface area contributed by atoms with E-state index in [9.17, 15) is 4.79 Å². The topological polar surface area (TPSA) is 94.0 Å². The largest absolute Gasteiger partial charge is 0.495 e. The summed E-state index contributed by atoms with van der Waals surface area (Å²) >= 11 is 1.55. The van der Waals surface area contributed by atoms with Gasteiger partial charge in [-0.1, -0.05) is 54.2 Å². The first kappa shape index (κ1) is 22.7. The number of rotatable bonds is 7. The van der Waals surface area contributed by atoms with Gasteiger partial charge in [0.1, 0.15) is 11.8 Å². The number of nitrogens with zero attached hydrogens (tertiary/aromatic N) is 4. The van der Waals surface area contributed by atoms with Crippen molar-refractivity contribution in [1.29, 1.82) is 0 Å². The number of methoxy groups -OCH3 is 1. The molecule has 0 unspecified atom stereocenters. The Morgan fingerprint density at radius 2 is 1.83 bits per heavy atom. The third-order valence-electron chi connectivity index (χ3n) is 5.67. The van der Waals surface area contributed by atoms with Gasteiger partial charge in [0.15, 0.2) is 0 Å². The van der Waals surface area contributed by atoms with Crippen LogP contribution in [-0.2, 0) is 10.5 Å². The molecule has 9 heteroatoms. The zero-order valence-electron chi connectivity index (χ0n) is 19.3. The minimum Gasteiger partial charge on any atom is -0.495 e. The van der Waals surface area contributed by atoms with E-state index >= 15 is 0 Å². The van der Waals surface area contributed by atoms with Crippen LogP contribution in [0, 0.1) is 0 Å². The van der Waals surface area contributed by atoms with Crippen molar-refractivity contribution in [2.24, 2.45) is 0 Å². The lowest BCUT2D eigenvalue weighted by atomic mass is 9.96. The minimum atomic E-state index is -0.470. The highest BCUT2D eigenvalue weighted by Crippen LogP contribution is 2.37. The molecule has 1 atom stereocenters. The van der Waals surface area contributed by atoms with Crippen molar-refractivity contribution in [2.45, 2.75) is 23.9 Å². The van der Waals surface area contributed by atoms with Crippen LogP contribution in [0.3, 0.4) is 0 Å². The van der Waals surface area contributed by atoms with Crippen molar-refractivity contribution >= 4 is 29.3 Å². The quantitative estimate of drug-likeness (QED) is 0.360. The summed E-state index contributed by atoms with van der Waals surface area (Å²) in [6, 6.07) is 20.8. The predicted molar refractivity (Wildman–Crippen MR) is 136 cm³/mol. The molecule has 2 aromatic heterocycles. The highest BCUT2D eigenvalue weighted by molar-refractivity contribution is 7.98. The van der Waals surface area contributed by atoms with Gasteiger partial charge in [-0.15, -0.1) is 5.10 Å². The number of carbonyl (C=O) groups is 1. The van der Waals surface area contributed by atoms with E-state index in [2.05, 4.69) is 27.8 Å². The second-order valence-corrected chi connectivity index (χ2v) is 8.88. The molecular formula is C26H24N6O2S. The summed E-state index contributed by atoms with van der Waals surface area (Å²) in [5, 5.41) is 11.7. The summed E-state index contributed by atoms with van der Waals surface area (Å²) in [6.45, 7) is 1.88. The number of para-hydroxylation sites is 2. The van der Waals surface area contributed by atoms with Gasteiger partial charge in [-0.3, -0.25) is 9.78 Å². The van der Waals surface area contributed by atoms with Gasteiger partial charge >= 0.3 is 0 Å². The number of ether oxygens (including phenoxy) is 1. The molecule has 0 aliphatic carbocycles. The molecule has 0 fully saturated rings. The number of fused-ring (bicyclic) bond motifs is 1. The first-order valence-corrected chi connectivity index (χ1v) is 12.1. The molecule has 1 amide bonds. The molecule has 1 aliphatic heterocycles. The number of carbonyl (C=O) groups excluding carboxylic acids is 1. The van der Waals surface area contributed by atoms with Crippen LogP contribution in [-0.4, -0.2) is 32.8 Å². The fourth-order valence-electron chi connectivity index (χ4n) is 4.00. The molecule has 4 aromatic rings. The zero-order chi connectivity index (χ0) is 24.2. The van der Waals surface area contributed by atoms with Crippen LogP contribution in [0.4, 0.5) is 11.6 Å². The van der Waals surface area contributed by atoms with E-state index in [4.69, 9.17) is 14.8 Å². The highest BCUT2D eigenvalue weighted by Gasteiger charge is 2.34. The molecule has 0 bridgehead atoms. The third-order valence-corrected chi connectivity index (χ3v) is 6.57. The Balaban J connectivity index is 1.48. The number of thioether (sulfide) groups is 1. The summed E-state index contributed by atoms with van der Waals surface area (Å²) < 4.78 is 7.18. The number of allylic oxidation sites excluding steroid dienone is 1. The molecule has 2 aromatic carbocycles. The zero-order valence-corrected chi connectivity index (χ0v) is 20.1. The first-order valence-electron chi connectivity index (χ1n) is 11.1. The molecule has 8 nitrogen and oxygen atoms in total. The van der Waals surface area contributed by atoms with E-state index in [0.29, 0.717) is 33.8 Å². The van der Waals surface area contributed by atoms with Crippen LogP contribution < -0.4 is 15.4 Å². The van der Waals surface area contributed by atoms with Gasteiger partial charge in [0.2, 0.25) is 11.1 Å². The van der Waals surface area contributed by atoms with Crippen LogP contribution in [0.25, 0.3) is 0 Å². The summed E-state index contributed by atoms with van der Waals surface area (Å²) in [5.74, 6) is 1.68. The fourth-order valence-corrected chi connectivity index (χ4v) is 4.79. The van der Waals surface area contributed by atoms with Crippen LogP contribution in [0.1, 0.15) is 24.1 Å². The Hall–Kier alpha value is -4.11. The highest BCUT2D eigenvalue weighted by atomic mass is 32.2. The molecule has 0 spiro atoms. The lowest BCUT2D eigenvalue weighted by molar-refractivity contribution is -0.113. The predicted octanol–water partition coefficient (Wildman–Crippen LogP) is 4.90. The van der Waals surface area contributed by atoms with Crippen LogP contribution >= 0.6 is 11.8 Å². The fraction of sp³-hybridized carbons (Fsp3) is 0.154.